The number of ether oxygens (including phenoxy) is 1. The Kier molecular flexibility index (Phi) is 7.38. The highest BCUT2D eigenvalue weighted by Gasteiger charge is 2.19. The Morgan fingerprint density at radius 2 is 2.12 bits per heavy atom. The van der Waals surface area contributed by atoms with Crippen molar-refractivity contribution >= 4 is 17.7 Å². The van der Waals surface area contributed by atoms with E-state index in [1.165, 1.54) is 11.8 Å². The van der Waals surface area contributed by atoms with Crippen molar-refractivity contribution in [1.82, 2.24) is 20.3 Å². The molecule has 0 atom stereocenters. The summed E-state index contributed by atoms with van der Waals surface area (Å²) in [7, 11) is 0. The van der Waals surface area contributed by atoms with Crippen LogP contribution in [0.2, 0.25) is 0 Å². The van der Waals surface area contributed by atoms with E-state index in [9.17, 15) is 4.79 Å². The predicted molar refractivity (Wildman–Crippen MR) is 104 cm³/mol. The van der Waals surface area contributed by atoms with Crippen molar-refractivity contribution in [3.05, 3.63) is 41.0 Å². The van der Waals surface area contributed by atoms with Crippen molar-refractivity contribution in [2.24, 2.45) is 0 Å². The smallest absolute Gasteiger partial charge is 0.256 e. The summed E-state index contributed by atoms with van der Waals surface area (Å²) < 4.78 is 5.64. The summed E-state index contributed by atoms with van der Waals surface area (Å²) in [6.45, 7) is 8.90. The lowest BCUT2D eigenvalue weighted by Crippen LogP contribution is -2.26. The second-order valence-electron chi connectivity index (χ2n) is 6.21. The fourth-order valence-corrected chi connectivity index (χ4v) is 3.02. The van der Waals surface area contributed by atoms with Crippen LogP contribution in [0.3, 0.4) is 0 Å². The zero-order valence-corrected chi connectivity index (χ0v) is 16.8. The molecule has 26 heavy (non-hydrogen) atoms. The first kappa shape index (κ1) is 20.2. The third-order valence-corrected chi connectivity index (χ3v) is 4.43. The third-order valence-electron chi connectivity index (χ3n) is 3.74. The van der Waals surface area contributed by atoms with Gasteiger partial charge in [0.15, 0.2) is 0 Å². The van der Waals surface area contributed by atoms with Gasteiger partial charge < -0.3 is 10.1 Å². The van der Waals surface area contributed by atoms with E-state index in [0.29, 0.717) is 35.3 Å². The molecule has 1 N–H and O–H groups in total. The minimum Gasteiger partial charge on any atom is -0.477 e. The van der Waals surface area contributed by atoms with Gasteiger partial charge in [-0.1, -0.05) is 26.8 Å². The SMILES string of the molecule is CCCOc1ncccc1CNC(=O)c1c(C)nc(C(C)C)nc1SC. The Balaban J connectivity index is 2.19. The molecular weight excluding hydrogens is 348 g/mol. The van der Waals surface area contributed by atoms with Crippen LogP contribution in [0, 0.1) is 6.92 Å². The highest BCUT2D eigenvalue weighted by Crippen LogP contribution is 2.23. The summed E-state index contributed by atoms with van der Waals surface area (Å²) in [6.07, 6.45) is 4.50. The van der Waals surface area contributed by atoms with Gasteiger partial charge in [0.2, 0.25) is 5.88 Å². The lowest BCUT2D eigenvalue weighted by Gasteiger charge is -2.14. The average molecular weight is 375 g/mol. The number of aryl methyl sites for hydroxylation is 1. The van der Waals surface area contributed by atoms with Crippen molar-refractivity contribution in [1.29, 1.82) is 0 Å². The topological polar surface area (TPSA) is 77.0 Å². The fourth-order valence-electron chi connectivity index (χ4n) is 2.39. The Morgan fingerprint density at radius 3 is 2.77 bits per heavy atom. The van der Waals surface area contributed by atoms with Crippen LogP contribution in [0.5, 0.6) is 5.88 Å². The molecule has 0 aromatic carbocycles. The number of aromatic nitrogens is 3. The quantitative estimate of drug-likeness (QED) is 0.560. The van der Waals surface area contributed by atoms with Gasteiger partial charge >= 0.3 is 0 Å². The van der Waals surface area contributed by atoms with Crippen molar-refractivity contribution in [3.63, 3.8) is 0 Å². The van der Waals surface area contributed by atoms with Gasteiger partial charge in [0.05, 0.1) is 17.9 Å². The van der Waals surface area contributed by atoms with E-state index in [1.54, 1.807) is 6.20 Å². The van der Waals surface area contributed by atoms with Gasteiger partial charge in [0.1, 0.15) is 10.9 Å². The molecule has 7 heteroatoms. The number of nitrogens with one attached hydrogen (secondary N) is 1. The lowest BCUT2D eigenvalue weighted by atomic mass is 10.1. The number of nitrogens with zero attached hydrogens (tertiary/aromatic N) is 3. The molecule has 0 saturated heterocycles. The molecule has 0 bridgehead atoms. The molecule has 0 unspecified atom stereocenters. The van der Waals surface area contributed by atoms with Crippen LogP contribution < -0.4 is 10.1 Å². The molecular formula is C19H26N4O2S. The van der Waals surface area contributed by atoms with E-state index in [4.69, 9.17) is 4.74 Å². The zero-order valence-electron chi connectivity index (χ0n) is 16.0. The first-order valence-electron chi connectivity index (χ1n) is 8.75. The van der Waals surface area contributed by atoms with Gasteiger partial charge in [0, 0.05) is 24.2 Å². The Morgan fingerprint density at radius 1 is 1.35 bits per heavy atom. The molecule has 1 amide bonds. The van der Waals surface area contributed by atoms with E-state index >= 15 is 0 Å². The van der Waals surface area contributed by atoms with Crippen LogP contribution >= 0.6 is 11.8 Å². The van der Waals surface area contributed by atoms with E-state index in [-0.39, 0.29) is 11.8 Å². The maximum Gasteiger partial charge on any atom is 0.256 e. The van der Waals surface area contributed by atoms with Crippen LogP contribution in [0.25, 0.3) is 0 Å². The number of pyridine rings is 1. The minimum absolute atomic E-state index is 0.188. The zero-order chi connectivity index (χ0) is 19.1. The molecule has 2 aromatic rings. The van der Waals surface area contributed by atoms with Crippen molar-refractivity contribution in [2.45, 2.75) is 51.6 Å². The number of rotatable bonds is 8. The fraction of sp³-hybridized carbons (Fsp3) is 0.474. The van der Waals surface area contributed by atoms with E-state index in [1.807, 2.05) is 46.1 Å². The van der Waals surface area contributed by atoms with Crippen LogP contribution in [-0.4, -0.2) is 33.7 Å². The molecule has 2 aromatic heterocycles. The first-order valence-corrected chi connectivity index (χ1v) is 9.97. The number of carbonyl (C=O) groups is 1. The number of thioether (sulfide) groups is 1. The van der Waals surface area contributed by atoms with Gasteiger partial charge in [-0.25, -0.2) is 15.0 Å². The predicted octanol–water partition coefficient (Wildman–Crippen LogP) is 3.74. The van der Waals surface area contributed by atoms with Crippen LogP contribution in [0.4, 0.5) is 0 Å². The maximum absolute atomic E-state index is 12.8. The molecule has 0 aliphatic rings. The summed E-state index contributed by atoms with van der Waals surface area (Å²) in [5.74, 6) is 1.34. The number of hydrogen-bond donors (Lipinski definition) is 1. The summed E-state index contributed by atoms with van der Waals surface area (Å²) >= 11 is 1.46. The molecule has 2 rings (SSSR count). The second kappa shape index (κ2) is 9.52. The molecule has 0 aliphatic heterocycles. The molecule has 6 nitrogen and oxygen atoms in total. The molecule has 0 fully saturated rings. The number of carbonyl (C=O) groups excluding carboxylic acids is 1. The van der Waals surface area contributed by atoms with Crippen LogP contribution in [0.15, 0.2) is 23.4 Å². The van der Waals surface area contributed by atoms with Gasteiger partial charge in [-0.15, -0.1) is 11.8 Å². The van der Waals surface area contributed by atoms with Crippen LogP contribution in [-0.2, 0) is 6.54 Å². The number of hydrogen-bond acceptors (Lipinski definition) is 6. The summed E-state index contributed by atoms with van der Waals surface area (Å²) in [4.78, 5) is 26.0. The van der Waals surface area contributed by atoms with Gasteiger partial charge in [-0.3, -0.25) is 4.79 Å². The first-order chi connectivity index (χ1) is 12.5. The largest absolute Gasteiger partial charge is 0.477 e. The standard InChI is InChI=1S/C19H26N4O2S/c1-6-10-25-18-14(8-7-9-20-18)11-21-17(24)15-13(4)22-16(12(2)3)23-19(15)26-5/h7-9,12H,6,10-11H2,1-5H3,(H,21,24). The maximum atomic E-state index is 12.8. The highest BCUT2D eigenvalue weighted by molar-refractivity contribution is 7.98. The molecule has 0 spiro atoms. The molecule has 2 heterocycles. The third kappa shape index (κ3) is 4.94. The number of amides is 1. The highest BCUT2D eigenvalue weighted by atomic mass is 32.2. The second-order valence-corrected chi connectivity index (χ2v) is 7.00. The molecule has 140 valence electrons. The summed E-state index contributed by atoms with van der Waals surface area (Å²) in [5, 5.41) is 3.65. The summed E-state index contributed by atoms with van der Waals surface area (Å²) in [5.41, 5.74) is 2.07. The monoisotopic (exact) mass is 374 g/mol. The van der Waals surface area contributed by atoms with E-state index in [0.717, 1.165) is 17.8 Å². The normalized spacial score (nSPS) is 10.8. The van der Waals surface area contributed by atoms with Crippen LogP contribution in [0.1, 0.15) is 60.5 Å². The molecule has 0 radical (unpaired) electrons. The summed E-state index contributed by atoms with van der Waals surface area (Å²) in [6, 6.07) is 3.73. The average Bonchev–Trinajstić information content (AvgIpc) is 2.64. The molecule has 0 saturated carbocycles. The lowest BCUT2D eigenvalue weighted by molar-refractivity contribution is 0.0945. The molecule has 0 aliphatic carbocycles. The van der Waals surface area contributed by atoms with Gasteiger partial charge in [-0.05, 0) is 25.7 Å². The Hall–Kier alpha value is -2.15. The van der Waals surface area contributed by atoms with E-state index < -0.39 is 0 Å². The van der Waals surface area contributed by atoms with Gasteiger partial charge in [0.25, 0.3) is 5.91 Å². The Bertz CT molecular complexity index is 765. The minimum atomic E-state index is -0.188. The van der Waals surface area contributed by atoms with Gasteiger partial charge in [-0.2, -0.15) is 0 Å². The van der Waals surface area contributed by atoms with Crippen molar-refractivity contribution < 1.29 is 9.53 Å². The van der Waals surface area contributed by atoms with E-state index in [2.05, 4.69) is 20.3 Å². The van der Waals surface area contributed by atoms with Crippen molar-refractivity contribution in [2.75, 3.05) is 12.9 Å². The van der Waals surface area contributed by atoms with Crippen molar-refractivity contribution in [3.8, 4) is 5.88 Å². The Labute approximate surface area is 159 Å².